The smallest absolute Gasteiger partial charge is 0.320 e. The number of benzene rings is 1. The summed E-state index contributed by atoms with van der Waals surface area (Å²) in [6.45, 7) is 0. The lowest BCUT2D eigenvalue weighted by atomic mass is 10.1. The summed E-state index contributed by atoms with van der Waals surface area (Å²) in [7, 11) is 3.20. The second-order valence-corrected chi connectivity index (χ2v) is 5.25. The number of hydrogen-bond acceptors (Lipinski definition) is 2. The molecule has 5 heteroatoms. The van der Waals surface area contributed by atoms with E-state index < -0.39 is 0 Å². The van der Waals surface area contributed by atoms with Crippen LogP contribution in [0.3, 0.4) is 0 Å². The van der Waals surface area contributed by atoms with Gasteiger partial charge in [-0.3, -0.25) is 13.9 Å². The molecule has 0 amide bonds. The van der Waals surface area contributed by atoms with Crippen molar-refractivity contribution in [2.45, 2.75) is 0 Å². The minimum Gasteiger partial charge on any atom is -0.320 e. The second-order valence-electron chi connectivity index (χ2n) is 5.25. The zero-order valence-electron chi connectivity index (χ0n) is 11.7. The van der Waals surface area contributed by atoms with Crippen LogP contribution >= 0.6 is 0 Å². The van der Waals surface area contributed by atoms with Crippen LogP contribution in [0.4, 0.5) is 0 Å². The number of aromatic nitrogens is 3. The standard InChI is InChI=1S/C16H13N3O2/c1-17-12-9-19-8-7-10-5-3-4-6-11(10)14(19)13(12)15(20)18(2)16(17)21/h3-9H,1-2H3. The Labute approximate surface area is 119 Å². The van der Waals surface area contributed by atoms with Gasteiger partial charge in [0.2, 0.25) is 0 Å². The molecular formula is C16H13N3O2. The number of rotatable bonds is 0. The quantitative estimate of drug-likeness (QED) is 0.491. The van der Waals surface area contributed by atoms with Gasteiger partial charge >= 0.3 is 5.69 Å². The van der Waals surface area contributed by atoms with Crippen LogP contribution in [-0.4, -0.2) is 13.5 Å². The molecule has 21 heavy (non-hydrogen) atoms. The van der Waals surface area contributed by atoms with E-state index in [0.29, 0.717) is 10.9 Å². The molecule has 0 unspecified atom stereocenters. The summed E-state index contributed by atoms with van der Waals surface area (Å²) in [5.41, 5.74) is 0.929. The summed E-state index contributed by atoms with van der Waals surface area (Å²) < 4.78 is 4.58. The fourth-order valence-electron chi connectivity index (χ4n) is 2.97. The number of hydrogen-bond donors (Lipinski definition) is 0. The van der Waals surface area contributed by atoms with Gasteiger partial charge in [0.15, 0.2) is 0 Å². The normalized spacial score (nSPS) is 11.7. The lowest BCUT2D eigenvalue weighted by molar-refractivity contribution is 0.715. The Bertz CT molecular complexity index is 1150. The Morgan fingerprint density at radius 2 is 1.71 bits per heavy atom. The van der Waals surface area contributed by atoms with Gasteiger partial charge < -0.3 is 4.40 Å². The van der Waals surface area contributed by atoms with Crippen molar-refractivity contribution in [2.24, 2.45) is 14.1 Å². The molecule has 104 valence electrons. The molecule has 4 rings (SSSR count). The van der Waals surface area contributed by atoms with Crippen molar-refractivity contribution >= 4 is 27.2 Å². The van der Waals surface area contributed by atoms with Crippen LogP contribution in [0.25, 0.3) is 27.2 Å². The average molecular weight is 279 g/mol. The van der Waals surface area contributed by atoms with Crippen molar-refractivity contribution < 1.29 is 0 Å². The summed E-state index contributed by atoms with van der Waals surface area (Å²) in [5.74, 6) is 0. The maximum atomic E-state index is 12.6. The van der Waals surface area contributed by atoms with E-state index in [-0.39, 0.29) is 11.2 Å². The third-order valence-corrected chi connectivity index (χ3v) is 4.10. The van der Waals surface area contributed by atoms with Crippen LogP contribution in [-0.2, 0) is 14.1 Å². The SMILES string of the molecule is Cn1c(=O)c2c(cn3ccc4ccccc4c23)n(C)c1=O. The van der Waals surface area contributed by atoms with Gasteiger partial charge in [0.1, 0.15) is 0 Å². The highest BCUT2D eigenvalue weighted by atomic mass is 16.2. The number of fused-ring (bicyclic) bond motifs is 5. The third-order valence-electron chi connectivity index (χ3n) is 4.10. The zero-order chi connectivity index (χ0) is 14.7. The maximum Gasteiger partial charge on any atom is 0.330 e. The Hall–Kier alpha value is -2.82. The van der Waals surface area contributed by atoms with Gasteiger partial charge in [-0.25, -0.2) is 4.79 Å². The van der Waals surface area contributed by atoms with E-state index in [1.807, 2.05) is 47.1 Å². The van der Waals surface area contributed by atoms with E-state index >= 15 is 0 Å². The zero-order valence-corrected chi connectivity index (χ0v) is 11.7. The highest BCUT2D eigenvalue weighted by Crippen LogP contribution is 2.25. The minimum atomic E-state index is -0.312. The maximum absolute atomic E-state index is 12.6. The van der Waals surface area contributed by atoms with Crippen molar-refractivity contribution in [3.63, 3.8) is 0 Å². The van der Waals surface area contributed by atoms with Gasteiger partial charge in [-0.1, -0.05) is 24.3 Å². The predicted octanol–water partition coefficient (Wildman–Crippen LogP) is 1.64. The van der Waals surface area contributed by atoms with Crippen molar-refractivity contribution in [1.29, 1.82) is 0 Å². The fourth-order valence-corrected chi connectivity index (χ4v) is 2.97. The highest BCUT2D eigenvalue weighted by Gasteiger charge is 2.15. The van der Waals surface area contributed by atoms with E-state index in [4.69, 9.17) is 0 Å². The first kappa shape index (κ1) is 12.0. The van der Waals surface area contributed by atoms with Crippen LogP contribution < -0.4 is 11.2 Å². The first-order valence-electron chi connectivity index (χ1n) is 6.68. The molecule has 0 aliphatic heterocycles. The Morgan fingerprint density at radius 1 is 0.952 bits per heavy atom. The number of nitrogens with zero attached hydrogens (tertiary/aromatic N) is 3. The molecule has 3 aromatic heterocycles. The molecule has 4 aromatic rings. The van der Waals surface area contributed by atoms with E-state index in [2.05, 4.69) is 0 Å². The van der Waals surface area contributed by atoms with Crippen LogP contribution in [0.1, 0.15) is 0 Å². The molecule has 0 atom stereocenters. The van der Waals surface area contributed by atoms with Gasteiger partial charge in [-0.15, -0.1) is 0 Å². The third kappa shape index (κ3) is 1.40. The molecule has 0 spiro atoms. The molecule has 5 nitrogen and oxygen atoms in total. The minimum absolute atomic E-state index is 0.257. The average Bonchev–Trinajstić information content (AvgIpc) is 2.91. The summed E-state index contributed by atoms with van der Waals surface area (Å²) in [4.78, 5) is 24.6. The monoisotopic (exact) mass is 279 g/mol. The highest BCUT2D eigenvalue weighted by molar-refractivity contribution is 6.09. The largest absolute Gasteiger partial charge is 0.330 e. The Balaban J connectivity index is 2.45. The van der Waals surface area contributed by atoms with E-state index in [1.54, 1.807) is 7.05 Å². The van der Waals surface area contributed by atoms with E-state index in [9.17, 15) is 9.59 Å². The Morgan fingerprint density at radius 3 is 2.52 bits per heavy atom. The first-order chi connectivity index (χ1) is 10.1. The van der Waals surface area contributed by atoms with Gasteiger partial charge in [0.05, 0.1) is 16.4 Å². The summed E-state index contributed by atoms with van der Waals surface area (Å²) >= 11 is 0. The van der Waals surface area contributed by atoms with Gasteiger partial charge in [0.25, 0.3) is 5.56 Å². The van der Waals surface area contributed by atoms with E-state index in [1.165, 1.54) is 11.6 Å². The van der Waals surface area contributed by atoms with Gasteiger partial charge in [-0.2, -0.15) is 0 Å². The lowest BCUT2D eigenvalue weighted by Crippen LogP contribution is -2.36. The molecular weight excluding hydrogens is 266 g/mol. The van der Waals surface area contributed by atoms with Gasteiger partial charge in [-0.05, 0) is 11.5 Å². The van der Waals surface area contributed by atoms with Crippen molar-refractivity contribution in [3.05, 3.63) is 63.6 Å². The number of aryl methyl sites for hydroxylation is 1. The molecule has 0 radical (unpaired) electrons. The molecule has 0 saturated carbocycles. The number of pyridine rings is 1. The van der Waals surface area contributed by atoms with Gasteiger partial charge in [0, 0.05) is 31.9 Å². The molecule has 0 aliphatic rings. The molecule has 0 aliphatic carbocycles. The van der Waals surface area contributed by atoms with Crippen molar-refractivity contribution in [2.75, 3.05) is 0 Å². The summed E-state index contributed by atoms with van der Waals surface area (Å²) in [6.07, 6.45) is 3.75. The first-order valence-corrected chi connectivity index (χ1v) is 6.68. The lowest BCUT2D eigenvalue weighted by Gasteiger charge is -2.04. The molecule has 0 N–H and O–H groups in total. The molecule has 0 fully saturated rings. The predicted molar refractivity (Wildman–Crippen MR) is 82.9 cm³/mol. The van der Waals surface area contributed by atoms with Crippen LogP contribution in [0.5, 0.6) is 0 Å². The van der Waals surface area contributed by atoms with Crippen LogP contribution in [0, 0.1) is 0 Å². The van der Waals surface area contributed by atoms with Crippen molar-refractivity contribution in [3.8, 4) is 0 Å². The fraction of sp³-hybridized carbons (Fsp3) is 0.125. The summed E-state index contributed by atoms with van der Waals surface area (Å²) in [6, 6.07) is 9.94. The molecule has 0 saturated heterocycles. The molecule has 0 bridgehead atoms. The Kier molecular flexibility index (Phi) is 2.19. The summed E-state index contributed by atoms with van der Waals surface area (Å²) in [5, 5.41) is 2.66. The molecule has 1 aromatic carbocycles. The topological polar surface area (TPSA) is 48.4 Å². The second kappa shape index (κ2) is 3.85. The van der Waals surface area contributed by atoms with E-state index in [0.717, 1.165) is 20.9 Å². The van der Waals surface area contributed by atoms with Crippen molar-refractivity contribution in [1.82, 2.24) is 13.5 Å². The molecule has 3 heterocycles. The van der Waals surface area contributed by atoms with Crippen LogP contribution in [0.15, 0.2) is 52.3 Å². The van der Waals surface area contributed by atoms with Crippen LogP contribution in [0.2, 0.25) is 0 Å².